The van der Waals surface area contributed by atoms with Crippen molar-refractivity contribution in [2.24, 2.45) is 0 Å². The van der Waals surface area contributed by atoms with Crippen LogP contribution in [0, 0.1) is 27.7 Å². The highest BCUT2D eigenvalue weighted by Crippen LogP contribution is 2.49. The predicted octanol–water partition coefficient (Wildman–Crippen LogP) is 8.55. The number of hydrogen-bond donors (Lipinski definition) is 2. The molecule has 0 aromatic heterocycles. The van der Waals surface area contributed by atoms with Crippen LogP contribution in [0.4, 0.5) is 0 Å². The molecular weight excluding hydrogens is 392 g/mol. The van der Waals surface area contributed by atoms with Crippen LogP contribution in [0.25, 0.3) is 32.7 Å². The highest BCUT2D eigenvalue weighted by atomic mass is 16.3. The Hall–Kier alpha value is -3.00. The predicted molar refractivity (Wildman–Crippen MR) is 137 cm³/mol. The first-order chi connectivity index (χ1) is 15.0. The van der Waals surface area contributed by atoms with E-state index in [1.165, 1.54) is 11.1 Å². The van der Waals surface area contributed by atoms with Gasteiger partial charge in [0.1, 0.15) is 11.5 Å². The van der Waals surface area contributed by atoms with Gasteiger partial charge in [0.2, 0.25) is 0 Å². The van der Waals surface area contributed by atoms with Crippen LogP contribution in [-0.2, 0) is 0 Å². The number of rotatable bonds is 3. The van der Waals surface area contributed by atoms with Gasteiger partial charge < -0.3 is 10.2 Å². The summed E-state index contributed by atoms with van der Waals surface area (Å²) in [5, 5.41) is 27.1. The van der Waals surface area contributed by atoms with Gasteiger partial charge in [-0.3, -0.25) is 0 Å². The third kappa shape index (κ3) is 3.24. The Labute approximate surface area is 191 Å². The zero-order chi connectivity index (χ0) is 23.5. The van der Waals surface area contributed by atoms with E-state index in [0.29, 0.717) is 11.8 Å². The van der Waals surface area contributed by atoms with Gasteiger partial charge in [0.15, 0.2) is 0 Å². The summed E-state index contributed by atoms with van der Waals surface area (Å²) in [4.78, 5) is 0. The summed E-state index contributed by atoms with van der Waals surface area (Å²) in [6.07, 6.45) is 0. The van der Waals surface area contributed by atoms with Gasteiger partial charge in [-0.25, -0.2) is 0 Å². The first-order valence-corrected chi connectivity index (χ1v) is 11.6. The highest BCUT2D eigenvalue weighted by Gasteiger charge is 2.23. The number of aromatic hydroxyl groups is 2. The fraction of sp³-hybridized carbons (Fsp3) is 0.333. The third-order valence-electron chi connectivity index (χ3n) is 6.93. The lowest BCUT2D eigenvalue weighted by molar-refractivity contribution is 0.474. The van der Waals surface area contributed by atoms with Crippen LogP contribution in [0.5, 0.6) is 11.5 Å². The lowest BCUT2D eigenvalue weighted by Crippen LogP contribution is -1.98. The first kappa shape index (κ1) is 22.2. The molecule has 0 saturated carbocycles. The maximum atomic E-state index is 11.6. The molecule has 0 radical (unpaired) electrons. The van der Waals surface area contributed by atoms with Crippen LogP contribution in [0.3, 0.4) is 0 Å². The minimum atomic E-state index is 0.260. The summed E-state index contributed by atoms with van der Waals surface area (Å²) in [5.74, 6) is 1.23. The molecule has 0 unspecified atom stereocenters. The Kier molecular flexibility index (Phi) is 5.45. The van der Waals surface area contributed by atoms with E-state index in [-0.39, 0.29) is 11.5 Å². The molecule has 2 heteroatoms. The van der Waals surface area contributed by atoms with E-state index < -0.39 is 0 Å². The number of fused-ring (bicyclic) bond motifs is 2. The molecule has 4 aromatic carbocycles. The van der Waals surface area contributed by atoms with Gasteiger partial charge in [-0.1, -0.05) is 64.1 Å². The molecule has 4 aromatic rings. The average molecular weight is 427 g/mol. The highest BCUT2D eigenvalue weighted by molar-refractivity contribution is 6.05. The first-order valence-electron chi connectivity index (χ1n) is 11.6. The van der Waals surface area contributed by atoms with Gasteiger partial charge in [0.25, 0.3) is 0 Å². The Bertz CT molecular complexity index is 1270. The van der Waals surface area contributed by atoms with Gasteiger partial charge in [0, 0.05) is 21.9 Å². The van der Waals surface area contributed by atoms with Crippen LogP contribution in [-0.4, -0.2) is 10.2 Å². The minimum absolute atomic E-state index is 0.260. The SMILES string of the molecule is Cc1cc2c(C(C)C)ccc(C)c2c(O)c1-c1c(C)cc2c(C(C)C)ccc(C)c2c1O. The number of benzene rings is 4. The van der Waals surface area contributed by atoms with Crippen molar-refractivity contribution >= 4 is 21.5 Å². The molecule has 0 bridgehead atoms. The molecule has 0 spiro atoms. The van der Waals surface area contributed by atoms with E-state index in [1.54, 1.807) is 0 Å². The van der Waals surface area contributed by atoms with Crippen molar-refractivity contribution in [1.29, 1.82) is 0 Å². The van der Waals surface area contributed by atoms with Crippen molar-refractivity contribution < 1.29 is 10.2 Å². The number of phenols is 2. The lowest BCUT2D eigenvalue weighted by atomic mass is 9.84. The lowest BCUT2D eigenvalue weighted by Gasteiger charge is -2.22. The van der Waals surface area contributed by atoms with Gasteiger partial charge in [-0.15, -0.1) is 0 Å². The van der Waals surface area contributed by atoms with E-state index in [4.69, 9.17) is 0 Å². The molecule has 4 rings (SSSR count). The molecule has 32 heavy (non-hydrogen) atoms. The molecule has 0 aliphatic rings. The Morgan fingerprint density at radius 3 is 1.19 bits per heavy atom. The standard InChI is InChI=1S/C30H34O2/c1-15(2)21-11-9-17(5)25-23(21)13-19(7)27(29(25)31)28-20(8)14-24-22(16(3)4)12-10-18(6)26(24)30(28)32/h9-16,31-32H,1-8H3. The van der Waals surface area contributed by atoms with Crippen LogP contribution < -0.4 is 0 Å². The van der Waals surface area contributed by atoms with Crippen LogP contribution >= 0.6 is 0 Å². The Morgan fingerprint density at radius 1 is 0.531 bits per heavy atom. The maximum absolute atomic E-state index is 11.6. The smallest absolute Gasteiger partial charge is 0.131 e. The summed E-state index contributed by atoms with van der Waals surface area (Å²) in [6.45, 7) is 16.9. The number of phenolic OH excluding ortho intramolecular Hbond substituents is 2. The van der Waals surface area contributed by atoms with Crippen LogP contribution in [0.2, 0.25) is 0 Å². The molecule has 0 atom stereocenters. The summed E-state index contributed by atoms with van der Waals surface area (Å²) in [6, 6.07) is 12.8. The minimum Gasteiger partial charge on any atom is -0.507 e. The van der Waals surface area contributed by atoms with E-state index in [2.05, 4.69) is 64.1 Å². The molecule has 166 valence electrons. The van der Waals surface area contributed by atoms with E-state index in [0.717, 1.165) is 54.9 Å². The monoisotopic (exact) mass is 426 g/mol. The molecule has 0 saturated heterocycles. The third-order valence-corrected chi connectivity index (χ3v) is 6.93. The fourth-order valence-electron chi connectivity index (χ4n) is 5.27. The molecule has 0 fully saturated rings. The molecule has 0 aliphatic carbocycles. The van der Waals surface area contributed by atoms with Crippen molar-refractivity contribution in [3.05, 3.63) is 69.8 Å². The second-order valence-electron chi connectivity index (χ2n) is 9.93. The zero-order valence-electron chi connectivity index (χ0n) is 20.5. The number of hydrogen-bond acceptors (Lipinski definition) is 2. The normalized spacial score (nSPS) is 11.9. The molecule has 0 aliphatic heterocycles. The maximum Gasteiger partial charge on any atom is 0.131 e. The van der Waals surface area contributed by atoms with Crippen molar-refractivity contribution in [1.82, 2.24) is 0 Å². The molecule has 0 heterocycles. The molecule has 0 amide bonds. The topological polar surface area (TPSA) is 40.5 Å². The largest absolute Gasteiger partial charge is 0.507 e. The zero-order valence-corrected chi connectivity index (χ0v) is 20.5. The van der Waals surface area contributed by atoms with E-state index in [9.17, 15) is 10.2 Å². The van der Waals surface area contributed by atoms with E-state index in [1.807, 2.05) is 27.7 Å². The van der Waals surface area contributed by atoms with E-state index >= 15 is 0 Å². The average Bonchev–Trinajstić information content (AvgIpc) is 2.69. The van der Waals surface area contributed by atoms with Crippen molar-refractivity contribution in [2.45, 2.75) is 67.2 Å². The summed E-state index contributed by atoms with van der Waals surface area (Å²) in [7, 11) is 0. The van der Waals surface area contributed by atoms with Crippen molar-refractivity contribution in [2.75, 3.05) is 0 Å². The number of aryl methyl sites for hydroxylation is 4. The van der Waals surface area contributed by atoms with Crippen LogP contribution in [0.1, 0.15) is 72.9 Å². The quantitative estimate of drug-likeness (QED) is 0.344. The van der Waals surface area contributed by atoms with Gasteiger partial charge in [-0.05, 0) is 83.7 Å². The summed E-state index contributed by atoms with van der Waals surface area (Å²) >= 11 is 0. The second-order valence-corrected chi connectivity index (χ2v) is 9.93. The Morgan fingerprint density at radius 2 is 0.875 bits per heavy atom. The molecular formula is C30H34O2. The van der Waals surface area contributed by atoms with Gasteiger partial charge in [-0.2, -0.15) is 0 Å². The molecule has 2 N–H and O–H groups in total. The van der Waals surface area contributed by atoms with Crippen LogP contribution in [0.15, 0.2) is 36.4 Å². The van der Waals surface area contributed by atoms with Crippen molar-refractivity contribution in [3.63, 3.8) is 0 Å². The van der Waals surface area contributed by atoms with Gasteiger partial charge >= 0.3 is 0 Å². The van der Waals surface area contributed by atoms with Crippen molar-refractivity contribution in [3.8, 4) is 22.6 Å². The Balaban J connectivity index is 2.15. The summed E-state index contributed by atoms with van der Waals surface area (Å²) < 4.78 is 0. The second kappa shape index (κ2) is 7.85. The molecule has 2 nitrogen and oxygen atoms in total. The summed E-state index contributed by atoms with van der Waals surface area (Å²) in [5.41, 5.74) is 7.94. The fourth-order valence-corrected chi connectivity index (χ4v) is 5.27. The van der Waals surface area contributed by atoms with Gasteiger partial charge in [0.05, 0.1) is 0 Å².